The molecule has 182 valence electrons. The number of nitrogens with two attached hydrogens (primary N) is 1. The first-order valence-electron chi connectivity index (χ1n) is 10.3. The number of fused-ring (bicyclic) bond motifs is 1. The Hall–Kier alpha value is -3.37. The Morgan fingerprint density at radius 2 is 1.79 bits per heavy atom. The highest BCUT2D eigenvalue weighted by molar-refractivity contribution is 5.97. The highest BCUT2D eigenvalue weighted by atomic mass is 19.4. The van der Waals surface area contributed by atoms with E-state index < -0.39 is 36.7 Å². The molecule has 1 amide bonds. The predicted octanol–water partition coefficient (Wildman–Crippen LogP) is 5.01. The van der Waals surface area contributed by atoms with Gasteiger partial charge >= 0.3 is 12.5 Å². The molecule has 0 radical (unpaired) electrons. The third-order valence-electron chi connectivity index (χ3n) is 5.17. The van der Waals surface area contributed by atoms with Gasteiger partial charge in [0, 0.05) is 28.1 Å². The molecule has 7 nitrogen and oxygen atoms in total. The van der Waals surface area contributed by atoms with E-state index in [0.717, 1.165) is 0 Å². The molecule has 0 aliphatic rings. The summed E-state index contributed by atoms with van der Waals surface area (Å²) in [7, 11) is 0. The van der Waals surface area contributed by atoms with Gasteiger partial charge in [0.2, 0.25) is 0 Å². The van der Waals surface area contributed by atoms with Crippen LogP contribution in [0.4, 0.5) is 18.0 Å². The number of pyridine rings is 1. The summed E-state index contributed by atoms with van der Waals surface area (Å²) in [5, 5.41) is 20.9. The number of ether oxygens (including phenoxy) is 2. The van der Waals surface area contributed by atoms with Gasteiger partial charge in [-0.1, -0.05) is 39.0 Å². The number of rotatable bonds is 6. The Labute approximate surface area is 193 Å². The van der Waals surface area contributed by atoms with Gasteiger partial charge < -0.3 is 25.4 Å². The van der Waals surface area contributed by atoms with Crippen molar-refractivity contribution in [1.82, 2.24) is 4.98 Å². The van der Waals surface area contributed by atoms with Crippen molar-refractivity contribution in [3.63, 3.8) is 0 Å². The molecule has 0 spiro atoms. The topological polar surface area (TPSA) is 115 Å². The number of amides is 1. The van der Waals surface area contributed by atoms with Gasteiger partial charge in [0.25, 0.3) is 0 Å². The third kappa shape index (κ3) is 5.57. The zero-order valence-electron chi connectivity index (χ0n) is 18.8. The van der Waals surface area contributed by atoms with E-state index in [2.05, 4.69) is 9.72 Å². The van der Waals surface area contributed by atoms with Gasteiger partial charge in [0.1, 0.15) is 18.0 Å². The summed E-state index contributed by atoms with van der Waals surface area (Å²) in [5.74, 6) is -0.384. The molecule has 1 heterocycles. The molecule has 0 bridgehead atoms. The van der Waals surface area contributed by atoms with Crippen molar-refractivity contribution in [2.45, 2.75) is 39.3 Å². The molecule has 0 aliphatic heterocycles. The highest BCUT2D eigenvalue weighted by Crippen LogP contribution is 2.44. The van der Waals surface area contributed by atoms with Crippen LogP contribution >= 0.6 is 0 Å². The van der Waals surface area contributed by atoms with Crippen LogP contribution in [-0.4, -0.2) is 34.3 Å². The quantitative estimate of drug-likeness (QED) is 0.459. The van der Waals surface area contributed by atoms with Crippen LogP contribution in [0.1, 0.15) is 44.1 Å². The summed E-state index contributed by atoms with van der Waals surface area (Å²) in [6.07, 6.45) is -6.55. The van der Waals surface area contributed by atoms with Gasteiger partial charge in [-0.25, -0.2) is 4.79 Å². The lowest BCUT2D eigenvalue weighted by Gasteiger charge is -2.33. The van der Waals surface area contributed by atoms with E-state index in [1.54, 1.807) is 18.2 Å². The smallest absolute Gasteiger partial charge is 0.441 e. The highest BCUT2D eigenvalue weighted by Gasteiger charge is 2.35. The monoisotopic (exact) mass is 478 g/mol. The van der Waals surface area contributed by atoms with E-state index in [1.165, 1.54) is 30.5 Å². The van der Waals surface area contributed by atoms with Crippen molar-refractivity contribution in [3.8, 4) is 16.9 Å². The fourth-order valence-electron chi connectivity index (χ4n) is 3.85. The Kier molecular flexibility index (Phi) is 7.04. The summed E-state index contributed by atoms with van der Waals surface area (Å²) < 4.78 is 47.0. The molecular weight excluding hydrogens is 453 g/mol. The Balaban J connectivity index is 2.31. The maximum Gasteiger partial charge on any atom is 0.573 e. The van der Waals surface area contributed by atoms with Crippen LogP contribution in [0.5, 0.6) is 5.75 Å². The molecule has 3 aromatic rings. The van der Waals surface area contributed by atoms with E-state index in [0.29, 0.717) is 33.2 Å². The number of aliphatic hydroxyl groups is 2. The van der Waals surface area contributed by atoms with Gasteiger partial charge in [0.15, 0.2) is 0 Å². The van der Waals surface area contributed by atoms with E-state index in [-0.39, 0.29) is 5.75 Å². The van der Waals surface area contributed by atoms with E-state index in [1.807, 2.05) is 20.8 Å². The van der Waals surface area contributed by atoms with Crippen LogP contribution in [-0.2, 0) is 4.74 Å². The predicted molar refractivity (Wildman–Crippen MR) is 119 cm³/mol. The lowest BCUT2D eigenvalue weighted by Crippen LogP contribution is -2.28. The molecule has 10 heteroatoms. The third-order valence-corrected chi connectivity index (χ3v) is 5.17. The first kappa shape index (κ1) is 25.3. The zero-order valence-corrected chi connectivity index (χ0v) is 18.8. The zero-order chi connectivity index (χ0) is 25.3. The number of hydrogen-bond acceptors (Lipinski definition) is 6. The summed E-state index contributed by atoms with van der Waals surface area (Å²) >= 11 is 0. The minimum atomic E-state index is -4.82. The maximum atomic E-state index is 12.6. The summed E-state index contributed by atoms with van der Waals surface area (Å²) in [5.41, 5.74) is 6.81. The number of primary amides is 1. The van der Waals surface area contributed by atoms with Gasteiger partial charge in [-0.3, -0.25) is 4.98 Å². The largest absolute Gasteiger partial charge is 0.573 e. The molecule has 0 fully saturated rings. The number of aliphatic hydroxyl groups excluding tert-OH is 2. The molecule has 2 aromatic carbocycles. The molecule has 1 unspecified atom stereocenters. The number of nitrogens with zero attached hydrogens (tertiary/aromatic N) is 1. The van der Waals surface area contributed by atoms with Crippen molar-refractivity contribution in [2.75, 3.05) is 6.61 Å². The van der Waals surface area contributed by atoms with E-state index >= 15 is 0 Å². The van der Waals surface area contributed by atoms with Gasteiger partial charge in [-0.2, -0.15) is 0 Å². The van der Waals surface area contributed by atoms with Crippen molar-refractivity contribution >= 4 is 17.0 Å². The molecule has 1 aromatic heterocycles. The van der Waals surface area contributed by atoms with Crippen molar-refractivity contribution in [3.05, 3.63) is 59.8 Å². The molecule has 0 saturated carbocycles. The number of aromatic nitrogens is 1. The van der Waals surface area contributed by atoms with Crippen molar-refractivity contribution in [2.24, 2.45) is 11.1 Å². The minimum Gasteiger partial charge on any atom is -0.441 e. The average molecular weight is 478 g/mol. The van der Waals surface area contributed by atoms with E-state index in [4.69, 9.17) is 10.5 Å². The van der Waals surface area contributed by atoms with Crippen LogP contribution in [0.3, 0.4) is 0 Å². The van der Waals surface area contributed by atoms with E-state index in [9.17, 15) is 28.2 Å². The summed E-state index contributed by atoms with van der Waals surface area (Å²) in [4.78, 5) is 16.1. The fourth-order valence-corrected chi connectivity index (χ4v) is 3.85. The second-order valence-corrected chi connectivity index (χ2v) is 8.78. The van der Waals surface area contributed by atoms with Crippen LogP contribution in [0.25, 0.3) is 22.0 Å². The average Bonchev–Trinajstić information content (AvgIpc) is 2.74. The first-order valence-corrected chi connectivity index (χ1v) is 10.3. The van der Waals surface area contributed by atoms with Crippen LogP contribution in [0.15, 0.2) is 48.7 Å². The van der Waals surface area contributed by atoms with Crippen LogP contribution < -0.4 is 10.5 Å². The molecule has 4 N–H and O–H groups in total. The lowest BCUT2D eigenvalue weighted by molar-refractivity contribution is -0.274. The summed E-state index contributed by atoms with van der Waals surface area (Å²) in [6.45, 7) is 4.83. The number of carbonyl (C=O) groups excluding carboxylic acids is 1. The van der Waals surface area contributed by atoms with Gasteiger partial charge in [0.05, 0.1) is 12.1 Å². The molecule has 0 aliphatic carbocycles. The van der Waals surface area contributed by atoms with Gasteiger partial charge in [-0.05, 0) is 35.4 Å². The lowest BCUT2D eigenvalue weighted by atomic mass is 9.79. The number of halogens is 3. The SMILES string of the molecule is CC(C)(C)[C@H](OC(N)=O)c1cc(-c2ccc(OC(F)(F)F)cc2)c2ncccc2c1C(O)CO. The molecule has 34 heavy (non-hydrogen) atoms. The molecule has 0 saturated heterocycles. The van der Waals surface area contributed by atoms with Crippen molar-refractivity contribution in [1.29, 1.82) is 0 Å². The second kappa shape index (κ2) is 9.47. The fraction of sp³-hybridized carbons (Fsp3) is 0.333. The number of benzene rings is 2. The Bertz CT molecular complexity index is 1170. The maximum absolute atomic E-state index is 12.6. The standard InChI is InChI=1S/C24H25F3N2O5/c1-23(2,3)21(33-22(28)32)17-11-16(13-6-8-14(9-7-13)34-24(25,26)27)20-15(5-4-10-29-20)19(17)18(31)12-30/h4-11,18,21,30-31H,12H2,1-3H3,(H2,28,32)/t18?,21-/m1/s1. The molecular formula is C24H25F3N2O5. The molecule has 3 rings (SSSR count). The number of carbonyl (C=O) groups is 1. The minimum absolute atomic E-state index is 0.313. The van der Waals surface area contributed by atoms with Gasteiger partial charge in [-0.15, -0.1) is 13.2 Å². The second-order valence-electron chi connectivity index (χ2n) is 8.78. The number of hydrogen-bond donors (Lipinski definition) is 3. The van der Waals surface area contributed by atoms with Crippen LogP contribution in [0, 0.1) is 5.41 Å². The van der Waals surface area contributed by atoms with Crippen LogP contribution in [0.2, 0.25) is 0 Å². The Morgan fingerprint density at radius 1 is 1.15 bits per heavy atom. The number of alkyl halides is 3. The molecule has 2 atom stereocenters. The first-order chi connectivity index (χ1) is 15.8. The Morgan fingerprint density at radius 3 is 2.32 bits per heavy atom. The van der Waals surface area contributed by atoms with Crippen molar-refractivity contribution < 1.29 is 37.7 Å². The summed E-state index contributed by atoms with van der Waals surface area (Å²) in [6, 6.07) is 10.2. The normalized spacial score (nSPS) is 14.0.